The number of fused-ring (bicyclic) bond motifs is 1. The van der Waals surface area contributed by atoms with Gasteiger partial charge in [-0.3, -0.25) is 4.79 Å². The molecular formula is C18H21NO6. The van der Waals surface area contributed by atoms with E-state index in [0.29, 0.717) is 36.0 Å². The molecule has 3 rings (SSSR count). The molecule has 0 saturated heterocycles. The number of esters is 1. The summed E-state index contributed by atoms with van der Waals surface area (Å²) in [4.78, 5) is 23.7. The molecular weight excluding hydrogens is 326 g/mol. The second kappa shape index (κ2) is 7.46. The summed E-state index contributed by atoms with van der Waals surface area (Å²) in [5.74, 6) is 0.787. The van der Waals surface area contributed by atoms with Gasteiger partial charge in [-0.05, 0) is 43.5 Å². The van der Waals surface area contributed by atoms with E-state index in [0.717, 1.165) is 12.8 Å². The zero-order valence-corrected chi connectivity index (χ0v) is 14.2. The number of carbonyl (C=O) groups is 2. The van der Waals surface area contributed by atoms with Crippen LogP contribution in [0.4, 0.5) is 0 Å². The van der Waals surface area contributed by atoms with Crippen LogP contribution in [0.2, 0.25) is 0 Å². The highest BCUT2D eigenvalue weighted by atomic mass is 16.6. The molecule has 25 heavy (non-hydrogen) atoms. The maximum absolute atomic E-state index is 11.9. The fourth-order valence-corrected chi connectivity index (χ4v) is 2.37. The van der Waals surface area contributed by atoms with E-state index in [-0.39, 0.29) is 11.9 Å². The van der Waals surface area contributed by atoms with E-state index < -0.39 is 12.1 Å². The minimum atomic E-state index is -0.826. The van der Waals surface area contributed by atoms with Crippen molar-refractivity contribution in [1.29, 1.82) is 0 Å². The smallest absolute Gasteiger partial charge is 0.331 e. The number of amides is 1. The van der Waals surface area contributed by atoms with Crippen molar-refractivity contribution in [3.8, 4) is 17.2 Å². The van der Waals surface area contributed by atoms with Crippen LogP contribution in [0.25, 0.3) is 6.08 Å². The third-order valence-electron chi connectivity index (χ3n) is 3.85. The highest BCUT2D eigenvalue weighted by Crippen LogP contribution is 2.40. The van der Waals surface area contributed by atoms with E-state index in [2.05, 4.69) is 5.32 Å². The van der Waals surface area contributed by atoms with E-state index in [9.17, 15) is 9.59 Å². The molecule has 0 aromatic heterocycles. The van der Waals surface area contributed by atoms with Crippen LogP contribution in [0, 0.1) is 0 Å². The van der Waals surface area contributed by atoms with Crippen LogP contribution in [-0.4, -0.2) is 44.3 Å². The van der Waals surface area contributed by atoms with Crippen LogP contribution >= 0.6 is 0 Å². The zero-order valence-electron chi connectivity index (χ0n) is 14.2. The number of hydrogen-bond acceptors (Lipinski definition) is 6. The number of ether oxygens (including phenoxy) is 4. The Kier molecular flexibility index (Phi) is 5.11. The zero-order chi connectivity index (χ0) is 17.8. The predicted molar refractivity (Wildman–Crippen MR) is 89.7 cm³/mol. The number of hydrogen-bond donors (Lipinski definition) is 1. The summed E-state index contributed by atoms with van der Waals surface area (Å²) in [6, 6.07) is 3.72. The molecule has 1 aliphatic carbocycles. The highest BCUT2D eigenvalue weighted by Gasteiger charge is 2.26. The number of carbonyl (C=O) groups excluding carboxylic acids is 2. The summed E-state index contributed by atoms with van der Waals surface area (Å²) < 4.78 is 21.5. The summed E-state index contributed by atoms with van der Waals surface area (Å²) in [7, 11) is 1.54. The molecule has 1 amide bonds. The lowest BCUT2D eigenvalue weighted by Gasteiger charge is -2.20. The van der Waals surface area contributed by atoms with Gasteiger partial charge >= 0.3 is 5.97 Å². The summed E-state index contributed by atoms with van der Waals surface area (Å²) in [6.45, 7) is 2.47. The summed E-state index contributed by atoms with van der Waals surface area (Å²) in [6.07, 6.45) is 3.99. The maximum Gasteiger partial charge on any atom is 0.331 e. The van der Waals surface area contributed by atoms with Gasteiger partial charge in [-0.1, -0.05) is 0 Å². The molecule has 1 fully saturated rings. The third kappa shape index (κ3) is 4.43. The summed E-state index contributed by atoms with van der Waals surface area (Å²) >= 11 is 0. The lowest BCUT2D eigenvalue weighted by Crippen LogP contribution is -2.36. The monoisotopic (exact) mass is 347 g/mol. The molecule has 1 heterocycles. The Bertz CT molecular complexity index is 678. The van der Waals surface area contributed by atoms with Crippen molar-refractivity contribution in [3.05, 3.63) is 23.8 Å². The van der Waals surface area contributed by atoms with Crippen LogP contribution in [0.1, 0.15) is 25.3 Å². The number of nitrogens with one attached hydrogen (secondary N) is 1. The van der Waals surface area contributed by atoms with Crippen molar-refractivity contribution in [1.82, 2.24) is 5.32 Å². The molecule has 7 nitrogen and oxygen atoms in total. The van der Waals surface area contributed by atoms with E-state index in [1.54, 1.807) is 25.1 Å². The minimum Gasteiger partial charge on any atom is -0.493 e. The third-order valence-corrected chi connectivity index (χ3v) is 3.85. The first-order valence-electron chi connectivity index (χ1n) is 8.23. The first-order chi connectivity index (χ1) is 12.1. The quantitative estimate of drug-likeness (QED) is 0.623. The predicted octanol–water partition coefficient (Wildman–Crippen LogP) is 1.69. The molecule has 0 unspecified atom stereocenters. The topological polar surface area (TPSA) is 83.1 Å². The first-order valence-corrected chi connectivity index (χ1v) is 8.23. The van der Waals surface area contributed by atoms with Gasteiger partial charge in [0, 0.05) is 12.1 Å². The van der Waals surface area contributed by atoms with Gasteiger partial charge in [-0.25, -0.2) is 4.79 Å². The largest absolute Gasteiger partial charge is 0.493 e. The Hall–Kier alpha value is -2.70. The molecule has 1 N–H and O–H groups in total. The summed E-state index contributed by atoms with van der Waals surface area (Å²) in [5.41, 5.74) is 0.702. The number of methoxy groups -OCH3 is 1. The van der Waals surface area contributed by atoms with Crippen LogP contribution in [0.3, 0.4) is 0 Å². The Balaban J connectivity index is 1.62. The van der Waals surface area contributed by atoms with Crippen LogP contribution < -0.4 is 19.5 Å². The molecule has 0 bridgehead atoms. The Labute approximate surface area is 145 Å². The van der Waals surface area contributed by atoms with E-state index in [4.69, 9.17) is 18.9 Å². The molecule has 1 atom stereocenters. The number of benzene rings is 1. The Morgan fingerprint density at radius 2 is 2.04 bits per heavy atom. The second-order valence-corrected chi connectivity index (χ2v) is 5.94. The molecule has 2 aliphatic rings. The molecule has 1 aliphatic heterocycles. The number of rotatable bonds is 6. The van der Waals surface area contributed by atoms with Gasteiger partial charge in [0.2, 0.25) is 5.75 Å². The fourth-order valence-electron chi connectivity index (χ4n) is 2.37. The molecule has 134 valence electrons. The molecule has 7 heteroatoms. The standard InChI is InChI=1S/C18H21NO6/c1-11(18(21)19-13-4-5-13)25-16(20)6-3-12-9-14(22-2)17-15(10-12)23-7-8-24-17/h3,6,9-11,13H,4-5,7-8H2,1-2H3,(H,19,21)/b6-3+/t11-/m0/s1. The van der Waals surface area contributed by atoms with Gasteiger partial charge in [-0.15, -0.1) is 0 Å². The average Bonchev–Trinajstić information content (AvgIpc) is 3.43. The molecule has 1 aromatic carbocycles. The van der Waals surface area contributed by atoms with Crippen molar-refractivity contribution >= 4 is 18.0 Å². The normalized spacial score (nSPS) is 17.0. The van der Waals surface area contributed by atoms with Gasteiger partial charge in [-0.2, -0.15) is 0 Å². The van der Waals surface area contributed by atoms with Gasteiger partial charge in [0.15, 0.2) is 17.6 Å². The lowest BCUT2D eigenvalue weighted by atomic mass is 10.1. The minimum absolute atomic E-state index is 0.231. The van der Waals surface area contributed by atoms with Gasteiger partial charge in [0.05, 0.1) is 7.11 Å². The fraction of sp³-hybridized carbons (Fsp3) is 0.444. The molecule has 0 radical (unpaired) electrons. The van der Waals surface area contributed by atoms with Crippen LogP contribution in [-0.2, 0) is 14.3 Å². The highest BCUT2D eigenvalue weighted by molar-refractivity contribution is 5.90. The van der Waals surface area contributed by atoms with Crippen molar-refractivity contribution in [2.24, 2.45) is 0 Å². The van der Waals surface area contributed by atoms with Gasteiger partial charge in [0.25, 0.3) is 5.91 Å². The molecule has 1 aromatic rings. The van der Waals surface area contributed by atoms with Crippen LogP contribution in [0.5, 0.6) is 17.2 Å². The average molecular weight is 347 g/mol. The van der Waals surface area contributed by atoms with Crippen molar-refractivity contribution in [2.45, 2.75) is 31.9 Å². The van der Waals surface area contributed by atoms with Crippen molar-refractivity contribution < 1.29 is 28.5 Å². The Morgan fingerprint density at radius 3 is 2.76 bits per heavy atom. The van der Waals surface area contributed by atoms with Crippen LogP contribution in [0.15, 0.2) is 18.2 Å². The molecule has 0 spiro atoms. The van der Waals surface area contributed by atoms with Crippen molar-refractivity contribution in [2.75, 3.05) is 20.3 Å². The van der Waals surface area contributed by atoms with Gasteiger partial charge in [0.1, 0.15) is 13.2 Å². The second-order valence-electron chi connectivity index (χ2n) is 5.94. The van der Waals surface area contributed by atoms with Crippen molar-refractivity contribution in [3.63, 3.8) is 0 Å². The maximum atomic E-state index is 11.9. The summed E-state index contributed by atoms with van der Waals surface area (Å²) in [5, 5.41) is 2.79. The van der Waals surface area contributed by atoms with E-state index >= 15 is 0 Å². The lowest BCUT2D eigenvalue weighted by molar-refractivity contribution is -0.150. The Morgan fingerprint density at radius 1 is 1.28 bits per heavy atom. The first kappa shape index (κ1) is 17.1. The van der Waals surface area contributed by atoms with Gasteiger partial charge < -0.3 is 24.3 Å². The van der Waals surface area contributed by atoms with E-state index in [1.807, 2.05) is 0 Å². The molecule has 1 saturated carbocycles. The van der Waals surface area contributed by atoms with E-state index in [1.165, 1.54) is 13.2 Å². The SMILES string of the molecule is COc1cc(/C=C/C(=O)O[C@@H](C)C(=O)NC2CC2)cc2c1OCCO2.